The second kappa shape index (κ2) is 10.6. The number of nitrogens with two attached hydrogens (primary N) is 2. The quantitative estimate of drug-likeness (QED) is 0.300. The van der Waals surface area contributed by atoms with Crippen LogP contribution < -0.4 is 26.3 Å². The number of halogens is 1. The van der Waals surface area contributed by atoms with Gasteiger partial charge in [-0.25, -0.2) is 9.37 Å². The van der Waals surface area contributed by atoms with Gasteiger partial charge in [0, 0.05) is 23.5 Å². The average Bonchev–Trinajstić information content (AvgIpc) is 3.20. The molecular weight excluding hydrogens is 477 g/mol. The van der Waals surface area contributed by atoms with Crippen molar-refractivity contribution >= 4 is 29.0 Å². The minimum atomic E-state index is -0.668. The van der Waals surface area contributed by atoms with Gasteiger partial charge in [-0.15, -0.1) is 0 Å². The van der Waals surface area contributed by atoms with Crippen LogP contribution >= 0.6 is 0 Å². The summed E-state index contributed by atoms with van der Waals surface area (Å²) >= 11 is 0. The van der Waals surface area contributed by atoms with Crippen molar-refractivity contribution < 1.29 is 23.5 Å². The van der Waals surface area contributed by atoms with Gasteiger partial charge in [0.15, 0.2) is 13.2 Å². The lowest BCUT2D eigenvalue weighted by Gasteiger charge is -2.18. The molecule has 4 rings (SSSR count). The molecule has 2 aromatic carbocycles. The molecule has 2 heterocycles. The lowest BCUT2D eigenvalue weighted by atomic mass is 10.00. The molecule has 0 saturated heterocycles. The third-order valence-electron chi connectivity index (χ3n) is 5.83. The van der Waals surface area contributed by atoms with Gasteiger partial charge in [-0.1, -0.05) is 25.1 Å². The molecule has 9 nitrogen and oxygen atoms in total. The number of amides is 2. The molecule has 192 valence electrons. The molecule has 10 heteroatoms. The van der Waals surface area contributed by atoms with Crippen molar-refractivity contribution in [3.8, 4) is 22.8 Å². The smallest absolute Gasteiger partial charge is 0.255 e. The molecule has 37 heavy (non-hydrogen) atoms. The summed E-state index contributed by atoms with van der Waals surface area (Å²) < 4.78 is 27.3. The maximum Gasteiger partial charge on any atom is 0.255 e. The van der Waals surface area contributed by atoms with E-state index in [0.29, 0.717) is 34.9 Å². The van der Waals surface area contributed by atoms with Crippen molar-refractivity contribution in [1.82, 2.24) is 9.38 Å². The molecule has 0 aliphatic heterocycles. The zero-order valence-electron chi connectivity index (χ0n) is 20.8. The van der Waals surface area contributed by atoms with Crippen LogP contribution in [0.1, 0.15) is 23.6 Å². The summed E-state index contributed by atoms with van der Waals surface area (Å²) in [5.74, 6) is -0.625. The lowest BCUT2D eigenvalue weighted by Crippen LogP contribution is -2.21. The molecule has 0 radical (unpaired) electrons. The highest BCUT2D eigenvalue weighted by Crippen LogP contribution is 2.42. The maximum absolute atomic E-state index is 14.4. The number of imidazole rings is 1. The number of carbonyl (C=O) groups excluding carboxylic acids is 2. The van der Waals surface area contributed by atoms with Crippen LogP contribution in [0.4, 0.5) is 15.9 Å². The number of aryl methyl sites for hydroxylation is 3. The number of benzene rings is 2. The molecule has 0 spiro atoms. The standard InChI is InChI=1S/C27H28FN5O4/c1-4-17-10-19(36-13-21(29)34)11-20(37-14-22(30)35)24(17)26-27(32-25-15(2)6-5-7-16(25)3)33-12-18(28)8-9-23(33)31-26/h5-12,32H,4,13-14H2,1-3H3,(H2,29,34)(H2,30,35). The van der Waals surface area contributed by atoms with E-state index >= 15 is 0 Å². The molecule has 0 atom stereocenters. The fraction of sp³-hybridized carbons (Fsp3) is 0.222. The zero-order chi connectivity index (χ0) is 26.7. The number of nitrogens with zero attached hydrogens (tertiary/aromatic N) is 2. The Morgan fingerprint density at radius 3 is 2.35 bits per heavy atom. The van der Waals surface area contributed by atoms with Crippen molar-refractivity contribution in [2.75, 3.05) is 18.5 Å². The summed E-state index contributed by atoms with van der Waals surface area (Å²) in [4.78, 5) is 27.6. The maximum atomic E-state index is 14.4. The molecule has 0 fully saturated rings. The Morgan fingerprint density at radius 2 is 1.70 bits per heavy atom. The molecule has 2 aromatic heterocycles. The molecule has 0 saturated carbocycles. The molecule has 0 aliphatic rings. The Morgan fingerprint density at radius 1 is 1.03 bits per heavy atom. The van der Waals surface area contributed by atoms with Gasteiger partial charge in [0.25, 0.3) is 11.8 Å². The van der Waals surface area contributed by atoms with E-state index in [9.17, 15) is 14.0 Å². The van der Waals surface area contributed by atoms with Gasteiger partial charge in [-0.3, -0.25) is 14.0 Å². The minimum Gasteiger partial charge on any atom is -0.484 e. The Bertz CT molecular complexity index is 1480. The van der Waals surface area contributed by atoms with Crippen molar-refractivity contribution in [2.24, 2.45) is 11.5 Å². The molecule has 0 bridgehead atoms. The first-order chi connectivity index (χ1) is 17.7. The first-order valence-electron chi connectivity index (χ1n) is 11.7. The van der Waals surface area contributed by atoms with E-state index in [0.717, 1.165) is 22.4 Å². The first-order valence-corrected chi connectivity index (χ1v) is 11.7. The number of ether oxygens (including phenoxy) is 2. The number of carbonyl (C=O) groups is 2. The third-order valence-corrected chi connectivity index (χ3v) is 5.83. The fourth-order valence-corrected chi connectivity index (χ4v) is 4.14. The van der Waals surface area contributed by atoms with Gasteiger partial charge in [0.2, 0.25) is 0 Å². The van der Waals surface area contributed by atoms with E-state index in [1.807, 2.05) is 39.0 Å². The number of primary amides is 2. The summed E-state index contributed by atoms with van der Waals surface area (Å²) in [7, 11) is 0. The second-order valence-electron chi connectivity index (χ2n) is 8.60. The number of para-hydroxylation sites is 1. The molecule has 0 aliphatic carbocycles. The summed E-state index contributed by atoms with van der Waals surface area (Å²) in [6, 6.07) is 12.1. The van der Waals surface area contributed by atoms with Gasteiger partial charge in [0.05, 0.1) is 0 Å². The number of rotatable bonds is 10. The molecule has 0 unspecified atom stereocenters. The van der Waals surface area contributed by atoms with Crippen molar-refractivity contribution in [1.29, 1.82) is 0 Å². The van der Waals surface area contributed by atoms with E-state index in [-0.39, 0.29) is 12.4 Å². The summed E-state index contributed by atoms with van der Waals surface area (Å²) in [5.41, 5.74) is 15.7. The number of pyridine rings is 1. The highest BCUT2D eigenvalue weighted by molar-refractivity contribution is 5.86. The van der Waals surface area contributed by atoms with Gasteiger partial charge in [-0.05, 0) is 55.2 Å². The predicted octanol–water partition coefficient (Wildman–Crippen LogP) is 3.79. The molecule has 2 amide bonds. The lowest BCUT2D eigenvalue weighted by molar-refractivity contribution is -0.120. The predicted molar refractivity (Wildman–Crippen MR) is 139 cm³/mol. The zero-order valence-corrected chi connectivity index (χ0v) is 20.8. The summed E-state index contributed by atoms with van der Waals surface area (Å²) in [5, 5.41) is 3.45. The Kier molecular flexibility index (Phi) is 7.28. The van der Waals surface area contributed by atoms with Gasteiger partial charge in [0.1, 0.15) is 34.5 Å². The Hall–Kier alpha value is -4.60. The van der Waals surface area contributed by atoms with E-state index in [1.54, 1.807) is 22.6 Å². The monoisotopic (exact) mass is 505 g/mol. The van der Waals surface area contributed by atoms with Crippen molar-refractivity contribution in [3.05, 3.63) is 71.2 Å². The molecular formula is C27H28FN5O4. The van der Waals surface area contributed by atoms with Crippen LogP contribution in [0.3, 0.4) is 0 Å². The van der Waals surface area contributed by atoms with Crippen LogP contribution in [0, 0.1) is 19.7 Å². The highest BCUT2D eigenvalue weighted by Gasteiger charge is 2.24. The largest absolute Gasteiger partial charge is 0.484 e. The van der Waals surface area contributed by atoms with Crippen molar-refractivity contribution in [2.45, 2.75) is 27.2 Å². The van der Waals surface area contributed by atoms with Crippen LogP contribution in [0.15, 0.2) is 48.7 Å². The van der Waals surface area contributed by atoms with Crippen LogP contribution in [0.5, 0.6) is 11.5 Å². The number of anilines is 2. The average molecular weight is 506 g/mol. The minimum absolute atomic E-state index is 0.269. The number of aromatic nitrogens is 2. The van der Waals surface area contributed by atoms with E-state index < -0.39 is 24.2 Å². The van der Waals surface area contributed by atoms with E-state index in [2.05, 4.69) is 5.32 Å². The normalized spacial score (nSPS) is 10.9. The number of fused-ring (bicyclic) bond motifs is 1. The van der Waals surface area contributed by atoms with Crippen molar-refractivity contribution in [3.63, 3.8) is 0 Å². The van der Waals surface area contributed by atoms with Crippen LogP contribution in [0.2, 0.25) is 0 Å². The van der Waals surface area contributed by atoms with E-state index in [1.165, 1.54) is 12.3 Å². The number of nitrogens with one attached hydrogen (secondary N) is 1. The Labute approximate surface area is 213 Å². The second-order valence-corrected chi connectivity index (χ2v) is 8.60. The molecule has 4 aromatic rings. The van der Waals surface area contributed by atoms with Crippen LogP contribution in [-0.4, -0.2) is 34.4 Å². The SMILES string of the molecule is CCc1cc(OCC(N)=O)cc(OCC(N)=O)c1-c1nc2ccc(F)cn2c1Nc1c(C)cccc1C. The van der Waals surface area contributed by atoms with E-state index in [4.69, 9.17) is 25.9 Å². The summed E-state index contributed by atoms with van der Waals surface area (Å²) in [6.45, 7) is 5.16. The first kappa shape index (κ1) is 25.5. The van der Waals surface area contributed by atoms with Crippen LogP contribution in [0.25, 0.3) is 16.9 Å². The van der Waals surface area contributed by atoms with Gasteiger partial charge < -0.3 is 26.3 Å². The third kappa shape index (κ3) is 5.48. The molecule has 5 N–H and O–H groups in total. The Balaban J connectivity index is 1.97. The van der Waals surface area contributed by atoms with Gasteiger partial charge in [-0.2, -0.15) is 0 Å². The number of hydrogen-bond donors (Lipinski definition) is 3. The van der Waals surface area contributed by atoms with Crippen LogP contribution in [-0.2, 0) is 16.0 Å². The highest BCUT2D eigenvalue weighted by atomic mass is 19.1. The van der Waals surface area contributed by atoms with Gasteiger partial charge >= 0.3 is 0 Å². The fourth-order valence-electron chi connectivity index (χ4n) is 4.14. The topological polar surface area (TPSA) is 134 Å². The summed E-state index contributed by atoms with van der Waals surface area (Å²) in [6.07, 6.45) is 1.88. The number of hydrogen-bond acceptors (Lipinski definition) is 6.